The Balaban J connectivity index is 1.63. The number of nitrogens with one attached hydrogen (secondary N) is 1. The minimum absolute atomic E-state index is 0.694. The molecule has 4 heteroatoms. The lowest BCUT2D eigenvalue weighted by molar-refractivity contribution is 0.232. The Bertz CT molecular complexity index is 229. The van der Waals surface area contributed by atoms with Crippen LogP contribution in [0.1, 0.15) is 12.8 Å². The zero-order valence-electron chi connectivity index (χ0n) is 7.70. The zero-order valence-corrected chi connectivity index (χ0v) is 7.70. The van der Waals surface area contributed by atoms with E-state index in [-0.39, 0.29) is 0 Å². The van der Waals surface area contributed by atoms with Gasteiger partial charge in [-0.3, -0.25) is 10.00 Å². The summed E-state index contributed by atoms with van der Waals surface area (Å²) in [4.78, 5) is 2.42. The molecule has 0 saturated carbocycles. The average molecular weight is 181 g/mol. The molecule has 0 radical (unpaired) electrons. The van der Waals surface area contributed by atoms with Crippen molar-refractivity contribution in [3.8, 4) is 5.88 Å². The number of ether oxygens (including phenoxy) is 1. The summed E-state index contributed by atoms with van der Waals surface area (Å²) in [5.74, 6) is 0.694. The van der Waals surface area contributed by atoms with E-state index in [1.807, 2.05) is 6.07 Å². The lowest BCUT2D eigenvalue weighted by Gasteiger charge is -2.13. The second kappa shape index (κ2) is 4.28. The van der Waals surface area contributed by atoms with Crippen LogP contribution in [0, 0.1) is 0 Å². The maximum absolute atomic E-state index is 5.42. The summed E-state index contributed by atoms with van der Waals surface area (Å²) in [6.07, 6.45) is 4.44. The van der Waals surface area contributed by atoms with Crippen LogP contribution in [-0.4, -0.2) is 41.3 Å². The highest BCUT2D eigenvalue weighted by Gasteiger charge is 2.10. The monoisotopic (exact) mass is 181 g/mol. The standard InChI is InChI=1S/C9H15N3O/c1-2-6-12(5-1)7-8-13-9-3-4-10-11-9/h3-4H,1-2,5-8H2,(H,10,11). The highest BCUT2D eigenvalue weighted by Crippen LogP contribution is 2.07. The van der Waals surface area contributed by atoms with E-state index in [9.17, 15) is 0 Å². The molecule has 1 fully saturated rings. The molecule has 2 rings (SSSR count). The Morgan fingerprint density at radius 2 is 2.31 bits per heavy atom. The molecule has 1 aromatic heterocycles. The summed E-state index contributed by atoms with van der Waals surface area (Å²) in [5, 5.41) is 6.63. The zero-order chi connectivity index (χ0) is 8.93. The molecule has 0 unspecified atom stereocenters. The van der Waals surface area contributed by atoms with Gasteiger partial charge in [0.05, 0.1) is 0 Å². The Hall–Kier alpha value is -1.03. The lowest BCUT2D eigenvalue weighted by Crippen LogP contribution is -2.25. The number of aromatic amines is 1. The fourth-order valence-electron chi connectivity index (χ4n) is 1.61. The highest BCUT2D eigenvalue weighted by atomic mass is 16.5. The molecule has 1 saturated heterocycles. The third-order valence-corrected chi connectivity index (χ3v) is 2.33. The molecule has 0 spiro atoms. The number of hydrogen-bond acceptors (Lipinski definition) is 3. The smallest absolute Gasteiger partial charge is 0.232 e. The summed E-state index contributed by atoms with van der Waals surface area (Å²) >= 11 is 0. The van der Waals surface area contributed by atoms with Crippen molar-refractivity contribution in [2.75, 3.05) is 26.2 Å². The van der Waals surface area contributed by atoms with E-state index in [0.717, 1.165) is 13.2 Å². The molecule has 1 aliphatic rings. The van der Waals surface area contributed by atoms with E-state index in [2.05, 4.69) is 15.1 Å². The molecule has 4 nitrogen and oxygen atoms in total. The van der Waals surface area contributed by atoms with E-state index in [4.69, 9.17) is 4.74 Å². The fraction of sp³-hybridized carbons (Fsp3) is 0.667. The van der Waals surface area contributed by atoms with Gasteiger partial charge in [-0.05, 0) is 25.9 Å². The second-order valence-corrected chi connectivity index (χ2v) is 3.31. The van der Waals surface area contributed by atoms with Crippen LogP contribution < -0.4 is 4.74 Å². The predicted molar refractivity (Wildman–Crippen MR) is 49.8 cm³/mol. The van der Waals surface area contributed by atoms with Gasteiger partial charge < -0.3 is 4.74 Å². The Kier molecular flexibility index (Phi) is 2.82. The first kappa shape index (κ1) is 8.56. The van der Waals surface area contributed by atoms with Gasteiger partial charge in [0.25, 0.3) is 0 Å². The van der Waals surface area contributed by atoms with Gasteiger partial charge in [0.2, 0.25) is 5.88 Å². The van der Waals surface area contributed by atoms with Crippen LogP contribution in [0.3, 0.4) is 0 Å². The van der Waals surface area contributed by atoms with Crippen molar-refractivity contribution in [2.24, 2.45) is 0 Å². The molecule has 1 N–H and O–H groups in total. The Morgan fingerprint density at radius 3 is 3.00 bits per heavy atom. The quantitative estimate of drug-likeness (QED) is 0.749. The molecular formula is C9H15N3O. The van der Waals surface area contributed by atoms with Crippen LogP contribution in [0.4, 0.5) is 0 Å². The third kappa shape index (κ3) is 2.45. The molecule has 13 heavy (non-hydrogen) atoms. The van der Waals surface area contributed by atoms with Gasteiger partial charge in [0.1, 0.15) is 6.61 Å². The molecule has 1 aliphatic heterocycles. The van der Waals surface area contributed by atoms with Crippen LogP contribution in [0.25, 0.3) is 0 Å². The van der Waals surface area contributed by atoms with Crippen molar-refractivity contribution >= 4 is 0 Å². The van der Waals surface area contributed by atoms with Crippen LogP contribution in [0.2, 0.25) is 0 Å². The van der Waals surface area contributed by atoms with E-state index in [0.29, 0.717) is 5.88 Å². The summed E-state index contributed by atoms with van der Waals surface area (Å²) < 4.78 is 5.42. The van der Waals surface area contributed by atoms with Gasteiger partial charge in [-0.2, -0.15) is 0 Å². The van der Waals surface area contributed by atoms with Gasteiger partial charge in [0, 0.05) is 18.8 Å². The molecule has 2 heterocycles. The van der Waals surface area contributed by atoms with Gasteiger partial charge in [-0.15, -0.1) is 5.10 Å². The third-order valence-electron chi connectivity index (χ3n) is 2.33. The van der Waals surface area contributed by atoms with E-state index >= 15 is 0 Å². The topological polar surface area (TPSA) is 41.1 Å². The summed E-state index contributed by atoms with van der Waals surface area (Å²) in [5.41, 5.74) is 0. The maximum Gasteiger partial charge on any atom is 0.232 e. The Morgan fingerprint density at radius 1 is 1.46 bits per heavy atom. The Labute approximate surface area is 77.9 Å². The van der Waals surface area contributed by atoms with Crippen LogP contribution in [-0.2, 0) is 0 Å². The summed E-state index contributed by atoms with van der Waals surface area (Å²) in [6, 6.07) is 1.84. The van der Waals surface area contributed by atoms with E-state index in [1.165, 1.54) is 25.9 Å². The van der Waals surface area contributed by atoms with Gasteiger partial charge >= 0.3 is 0 Å². The SMILES string of the molecule is c1cc(OCCN2CCCC2)n[nH]1. The van der Waals surface area contributed by atoms with Crippen LogP contribution in [0.15, 0.2) is 12.3 Å². The van der Waals surface area contributed by atoms with Crippen molar-refractivity contribution in [2.45, 2.75) is 12.8 Å². The number of nitrogens with zero attached hydrogens (tertiary/aromatic N) is 2. The molecular weight excluding hydrogens is 166 g/mol. The van der Waals surface area contributed by atoms with Gasteiger partial charge in [-0.1, -0.05) is 0 Å². The second-order valence-electron chi connectivity index (χ2n) is 3.31. The highest BCUT2D eigenvalue weighted by molar-refractivity contribution is 5.03. The molecule has 0 atom stereocenters. The fourth-order valence-corrected chi connectivity index (χ4v) is 1.61. The minimum atomic E-state index is 0.694. The number of hydrogen-bond donors (Lipinski definition) is 1. The lowest BCUT2D eigenvalue weighted by atomic mass is 10.4. The first-order valence-corrected chi connectivity index (χ1v) is 4.80. The molecule has 1 aromatic rings. The van der Waals surface area contributed by atoms with Crippen molar-refractivity contribution in [3.05, 3.63) is 12.3 Å². The van der Waals surface area contributed by atoms with Gasteiger partial charge in [-0.25, -0.2) is 0 Å². The minimum Gasteiger partial charge on any atom is -0.475 e. The van der Waals surface area contributed by atoms with E-state index < -0.39 is 0 Å². The van der Waals surface area contributed by atoms with Crippen LogP contribution in [0.5, 0.6) is 5.88 Å². The number of aromatic nitrogens is 2. The molecule has 0 aliphatic carbocycles. The number of rotatable bonds is 4. The normalized spacial score (nSPS) is 17.8. The van der Waals surface area contributed by atoms with Crippen molar-refractivity contribution in [3.63, 3.8) is 0 Å². The number of likely N-dealkylation sites (tertiary alicyclic amines) is 1. The van der Waals surface area contributed by atoms with Gasteiger partial charge in [0.15, 0.2) is 0 Å². The molecule has 0 aromatic carbocycles. The first-order chi connectivity index (χ1) is 6.45. The summed E-state index contributed by atoms with van der Waals surface area (Å²) in [7, 11) is 0. The van der Waals surface area contributed by atoms with Crippen molar-refractivity contribution in [1.82, 2.24) is 15.1 Å². The van der Waals surface area contributed by atoms with Crippen molar-refractivity contribution < 1.29 is 4.74 Å². The first-order valence-electron chi connectivity index (χ1n) is 4.80. The molecule has 0 bridgehead atoms. The maximum atomic E-state index is 5.42. The summed E-state index contributed by atoms with van der Waals surface area (Å²) in [6.45, 7) is 4.21. The average Bonchev–Trinajstić information content (AvgIpc) is 2.75. The van der Waals surface area contributed by atoms with Crippen LogP contribution >= 0.6 is 0 Å². The number of H-pyrrole nitrogens is 1. The van der Waals surface area contributed by atoms with E-state index in [1.54, 1.807) is 6.20 Å². The largest absolute Gasteiger partial charge is 0.475 e. The van der Waals surface area contributed by atoms with Crippen molar-refractivity contribution in [1.29, 1.82) is 0 Å². The molecule has 72 valence electrons. The molecule has 0 amide bonds. The predicted octanol–water partition coefficient (Wildman–Crippen LogP) is 0.884.